The molecule has 2 heterocycles. The topological polar surface area (TPSA) is 45.5 Å². The summed E-state index contributed by atoms with van der Waals surface area (Å²) >= 11 is 0. The number of carbonyl (C=O) groups is 1. The number of benzene rings is 1. The zero-order valence-electron chi connectivity index (χ0n) is 11.9. The Morgan fingerprint density at radius 1 is 1.27 bits per heavy atom. The minimum atomic E-state index is -0.882. The van der Waals surface area contributed by atoms with Crippen molar-refractivity contribution in [1.29, 1.82) is 0 Å². The molecule has 0 radical (unpaired) electrons. The number of anilines is 1. The lowest BCUT2D eigenvalue weighted by Gasteiger charge is -2.33. The molecule has 0 unspecified atom stereocenters. The standard InChI is InChI=1S/C16H16F2N2O2/c17-14-4-3-12(8-15(14)18)19-13-2-1-6-20(9-13)16(21)11-5-7-22-10-11/h3-5,7-8,10,13,19H,1-2,6,9H2/t13-/m1/s1. The molecule has 116 valence electrons. The first-order valence-electron chi connectivity index (χ1n) is 7.16. The SMILES string of the molecule is O=C(c1ccoc1)N1CCC[C@@H](Nc2ccc(F)c(F)c2)C1. The summed E-state index contributed by atoms with van der Waals surface area (Å²) in [6.45, 7) is 1.20. The maximum atomic E-state index is 13.2. The molecule has 1 aliphatic rings. The summed E-state index contributed by atoms with van der Waals surface area (Å²) in [7, 11) is 0. The van der Waals surface area contributed by atoms with Gasteiger partial charge in [0.2, 0.25) is 0 Å². The van der Waals surface area contributed by atoms with Crippen molar-refractivity contribution in [2.75, 3.05) is 18.4 Å². The highest BCUT2D eigenvalue weighted by Crippen LogP contribution is 2.19. The van der Waals surface area contributed by atoms with Crippen LogP contribution in [-0.2, 0) is 0 Å². The number of nitrogens with zero attached hydrogens (tertiary/aromatic N) is 1. The number of hydrogen-bond acceptors (Lipinski definition) is 3. The van der Waals surface area contributed by atoms with Crippen molar-refractivity contribution < 1.29 is 18.0 Å². The van der Waals surface area contributed by atoms with E-state index in [-0.39, 0.29) is 11.9 Å². The van der Waals surface area contributed by atoms with E-state index in [0.717, 1.165) is 25.0 Å². The van der Waals surface area contributed by atoms with Gasteiger partial charge in [-0.25, -0.2) is 8.78 Å². The molecule has 0 bridgehead atoms. The first-order chi connectivity index (χ1) is 10.6. The van der Waals surface area contributed by atoms with Crippen LogP contribution in [0.4, 0.5) is 14.5 Å². The molecule has 1 aromatic carbocycles. The second-order valence-corrected chi connectivity index (χ2v) is 5.38. The minimum absolute atomic E-state index is 0.00876. The van der Waals surface area contributed by atoms with Gasteiger partial charge in [-0.2, -0.15) is 0 Å². The van der Waals surface area contributed by atoms with E-state index in [1.54, 1.807) is 11.0 Å². The molecular weight excluding hydrogens is 290 g/mol. The second kappa shape index (κ2) is 6.17. The molecule has 1 saturated heterocycles. The molecule has 1 aliphatic heterocycles. The Hall–Kier alpha value is -2.37. The number of halogens is 2. The number of amides is 1. The van der Waals surface area contributed by atoms with E-state index in [0.29, 0.717) is 24.3 Å². The van der Waals surface area contributed by atoms with E-state index in [4.69, 9.17) is 4.42 Å². The minimum Gasteiger partial charge on any atom is -0.472 e. The van der Waals surface area contributed by atoms with Gasteiger partial charge in [0.05, 0.1) is 11.8 Å². The van der Waals surface area contributed by atoms with Crippen LogP contribution in [0.5, 0.6) is 0 Å². The van der Waals surface area contributed by atoms with Crippen molar-refractivity contribution in [3.8, 4) is 0 Å². The van der Waals surface area contributed by atoms with Gasteiger partial charge >= 0.3 is 0 Å². The van der Waals surface area contributed by atoms with Crippen LogP contribution in [-0.4, -0.2) is 29.9 Å². The van der Waals surface area contributed by atoms with E-state index in [1.807, 2.05) is 0 Å². The zero-order valence-corrected chi connectivity index (χ0v) is 11.9. The zero-order chi connectivity index (χ0) is 15.5. The van der Waals surface area contributed by atoms with Crippen molar-refractivity contribution in [3.05, 3.63) is 54.0 Å². The van der Waals surface area contributed by atoms with Gasteiger partial charge in [-0.05, 0) is 31.0 Å². The molecule has 0 saturated carbocycles. The van der Waals surface area contributed by atoms with Crippen molar-refractivity contribution in [1.82, 2.24) is 4.90 Å². The van der Waals surface area contributed by atoms with Gasteiger partial charge in [0.15, 0.2) is 11.6 Å². The van der Waals surface area contributed by atoms with Gasteiger partial charge in [-0.1, -0.05) is 0 Å². The largest absolute Gasteiger partial charge is 0.472 e. The van der Waals surface area contributed by atoms with Gasteiger partial charge in [-0.3, -0.25) is 4.79 Å². The van der Waals surface area contributed by atoms with Gasteiger partial charge < -0.3 is 14.6 Å². The monoisotopic (exact) mass is 306 g/mol. The summed E-state index contributed by atoms with van der Waals surface area (Å²) in [4.78, 5) is 14.0. The average Bonchev–Trinajstić information content (AvgIpc) is 3.05. The third-order valence-electron chi connectivity index (χ3n) is 3.77. The number of likely N-dealkylation sites (tertiary alicyclic amines) is 1. The molecule has 3 rings (SSSR count). The van der Waals surface area contributed by atoms with Crippen LogP contribution in [0.25, 0.3) is 0 Å². The van der Waals surface area contributed by atoms with Crippen LogP contribution in [0, 0.1) is 11.6 Å². The molecule has 4 nitrogen and oxygen atoms in total. The third-order valence-corrected chi connectivity index (χ3v) is 3.77. The number of hydrogen-bond donors (Lipinski definition) is 1. The normalized spacial score (nSPS) is 18.3. The average molecular weight is 306 g/mol. The molecule has 1 atom stereocenters. The van der Waals surface area contributed by atoms with E-state index < -0.39 is 11.6 Å². The Morgan fingerprint density at radius 2 is 2.14 bits per heavy atom. The fraction of sp³-hybridized carbons (Fsp3) is 0.312. The molecule has 22 heavy (non-hydrogen) atoms. The predicted molar refractivity (Wildman–Crippen MR) is 77.6 cm³/mol. The number of nitrogens with one attached hydrogen (secondary N) is 1. The number of carbonyl (C=O) groups excluding carboxylic acids is 1. The maximum absolute atomic E-state index is 13.2. The van der Waals surface area contributed by atoms with Crippen LogP contribution >= 0.6 is 0 Å². The summed E-state index contributed by atoms with van der Waals surface area (Å²) < 4.78 is 31.1. The van der Waals surface area contributed by atoms with Gasteiger partial charge in [0.25, 0.3) is 5.91 Å². The lowest BCUT2D eigenvalue weighted by atomic mass is 10.0. The van der Waals surface area contributed by atoms with Crippen molar-refractivity contribution >= 4 is 11.6 Å². The summed E-state index contributed by atoms with van der Waals surface area (Å²) in [6.07, 6.45) is 4.61. The predicted octanol–water partition coefficient (Wildman–Crippen LogP) is 3.27. The van der Waals surface area contributed by atoms with Gasteiger partial charge in [-0.15, -0.1) is 0 Å². The number of rotatable bonds is 3. The maximum Gasteiger partial charge on any atom is 0.257 e. The highest BCUT2D eigenvalue weighted by Gasteiger charge is 2.25. The number of piperidine rings is 1. The Labute approximate surface area is 126 Å². The molecule has 0 spiro atoms. The molecule has 1 N–H and O–H groups in total. The van der Waals surface area contributed by atoms with Crippen molar-refractivity contribution in [3.63, 3.8) is 0 Å². The van der Waals surface area contributed by atoms with Crippen LogP contribution < -0.4 is 5.32 Å². The first-order valence-corrected chi connectivity index (χ1v) is 7.16. The lowest BCUT2D eigenvalue weighted by molar-refractivity contribution is 0.0714. The summed E-state index contributed by atoms with van der Waals surface area (Å²) in [5, 5.41) is 3.16. The van der Waals surface area contributed by atoms with Crippen molar-refractivity contribution in [2.24, 2.45) is 0 Å². The molecule has 2 aromatic rings. The molecule has 1 aromatic heterocycles. The summed E-state index contributed by atoms with van der Waals surface area (Å²) in [5.41, 5.74) is 1.04. The Bertz CT molecular complexity index is 658. The highest BCUT2D eigenvalue weighted by atomic mass is 19.2. The van der Waals surface area contributed by atoms with Crippen LogP contribution in [0.15, 0.2) is 41.2 Å². The summed E-state index contributed by atoms with van der Waals surface area (Å²) in [5.74, 6) is -1.83. The van der Waals surface area contributed by atoms with E-state index in [1.165, 1.54) is 18.6 Å². The molecule has 0 aliphatic carbocycles. The van der Waals surface area contributed by atoms with E-state index >= 15 is 0 Å². The molecular formula is C16H16F2N2O2. The van der Waals surface area contributed by atoms with E-state index in [2.05, 4.69) is 5.32 Å². The molecule has 1 fully saturated rings. The Balaban J connectivity index is 1.65. The summed E-state index contributed by atoms with van der Waals surface area (Å²) in [6, 6.07) is 5.36. The smallest absolute Gasteiger partial charge is 0.257 e. The fourth-order valence-corrected chi connectivity index (χ4v) is 2.67. The second-order valence-electron chi connectivity index (χ2n) is 5.38. The lowest BCUT2D eigenvalue weighted by Crippen LogP contribution is -2.45. The molecule has 1 amide bonds. The highest BCUT2D eigenvalue weighted by molar-refractivity contribution is 5.93. The quantitative estimate of drug-likeness (QED) is 0.946. The van der Waals surface area contributed by atoms with E-state index in [9.17, 15) is 13.6 Å². The molecule has 6 heteroatoms. The number of furan rings is 1. The van der Waals surface area contributed by atoms with Crippen molar-refractivity contribution in [2.45, 2.75) is 18.9 Å². The van der Waals surface area contributed by atoms with Crippen LogP contribution in [0.2, 0.25) is 0 Å². The van der Waals surface area contributed by atoms with Gasteiger partial charge in [0.1, 0.15) is 6.26 Å². The Morgan fingerprint density at radius 3 is 2.86 bits per heavy atom. The Kier molecular flexibility index (Phi) is 4.09. The van der Waals surface area contributed by atoms with Crippen LogP contribution in [0.3, 0.4) is 0 Å². The van der Waals surface area contributed by atoms with Crippen LogP contribution in [0.1, 0.15) is 23.2 Å². The third kappa shape index (κ3) is 3.10. The van der Waals surface area contributed by atoms with Gasteiger partial charge in [0, 0.05) is 30.9 Å². The fourth-order valence-electron chi connectivity index (χ4n) is 2.67. The first kappa shape index (κ1) is 14.6.